The van der Waals surface area contributed by atoms with E-state index in [4.69, 9.17) is 4.74 Å². The highest BCUT2D eigenvalue weighted by molar-refractivity contribution is 6.00. The van der Waals surface area contributed by atoms with Crippen LogP contribution in [-0.4, -0.2) is 24.3 Å². The van der Waals surface area contributed by atoms with E-state index >= 15 is 0 Å². The highest BCUT2D eigenvalue weighted by atomic mass is 16.5. The number of amides is 1. The third-order valence-electron chi connectivity index (χ3n) is 4.95. The first kappa shape index (κ1) is 19.8. The maximum atomic E-state index is 12.5. The van der Waals surface area contributed by atoms with Gasteiger partial charge >= 0.3 is 5.97 Å². The summed E-state index contributed by atoms with van der Waals surface area (Å²) >= 11 is 0. The fourth-order valence-electron chi connectivity index (χ4n) is 2.90. The van der Waals surface area contributed by atoms with Gasteiger partial charge in [-0.1, -0.05) is 51.1 Å². The molecule has 2 aromatic rings. The second kappa shape index (κ2) is 7.58. The van der Waals surface area contributed by atoms with Crippen molar-refractivity contribution in [2.75, 3.05) is 11.9 Å². The van der Waals surface area contributed by atoms with Crippen molar-refractivity contribution in [1.29, 1.82) is 0 Å². The molecular formula is C23H25NO4. The second-order valence-corrected chi connectivity index (χ2v) is 8.23. The lowest BCUT2D eigenvalue weighted by Crippen LogP contribution is -2.27. The van der Waals surface area contributed by atoms with Crippen molar-refractivity contribution >= 4 is 23.3 Å². The molecule has 0 bridgehead atoms. The predicted octanol–water partition coefficient (Wildman–Crippen LogP) is 4.13. The van der Waals surface area contributed by atoms with Crippen LogP contribution in [0.15, 0.2) is 54.6 Å². The number of carbonyl (C=O) groups excluding carboxylic acids is 3. The average molecular weight is 379 g/mol. The SMILES string of the molecule is CC(C)(C)C(=O)Nc1ccc(C(=O)COC(=O)C2(c3ccccc3)CC2)cc1. The van der Waals surface area contributed by atoms with Crippen molar-refractivity contribution in [1.82, 2.24) is 0 Å². The lowest BCUT2D eigenvalue weighted by molar-refractivity contribution is -0.145. The maximum absolute atomic E-state index is 12.5. The standard InChI is InChI=1S/C23H25NO4/c1-22(2,3)20(26)24-18-11-9-16(10-12-18)19(25)15-28-21(27)23(13-14-23)17-7-5-4-6-8-17/h4-12H,13-15H2,1-3H3,(H,24,26). The van der Waals surface area contributed by atoms with Gasteiger partial charge in [0.25, 0.3) is 0 Å². The van der Waals surface area contributed by atoms with E-state index in [1.165, 1.54) is 0 Å². The lowest BCUT2D eigenvalue weighted by Gasteiger charge is -2.17. The molecular weight excluding hydrogens is 354 g/mol. The van der Waals surface area contributed by atoms with Crippen LogP contribution in [0.2, 0.25) is 0 Å². The Bertz CT molecular complexity index is 875. The topological polar surface area (TPSA) is 72.5 Å². The van der Waals surface area contributed by atoms with Gasteiger partial charge in [0, 0.05) is 16.7 Å². The molecule has 5 nitrogen and oxygen atoms in total. The van der Waals surface area contributed by atoms with Gasteiger partial charge in [-0.05, 0) is 42.7 Å². The monoisotopic (exact) mass is 379 g/mol. The molecule has 1 amide bonds. The van der Waals surface area contributed by atoms with Crippen LogP contribution < -0.4 is 5.32 Å². The highest BCUT2D eigenvalue weighted by Gasteiger charge is 2.52. The third kappa shape index (κ3) is 4.30. The summed E-state index contributed by atoms with van der Waals surface area (Å²) in [6.45, 7) is 5.20. The van der Waals surface area contributed by atoms with Gasteiger partial charge in [-0.3, -0.25) is 14.4 Å². The van der Waals surface area contributed by atoms with Crippen molar-refractivity contribution in [2.24, 2.45) is 5.41 Å². The molecule has 5 heteroatoms. The normalized spacial score (nSPS) is 14.8. The van der Waals surface area contributed by atoms with Crippen molar-refractivity contribution in [3.8, 4) is 0 Å². The minimum absolute atomic E-state index is 0.101. The predicted molar refractivity (Wildman–Crippen MR) is 107 cm³/mol. The molecule has 1 N–H and O–H groups in total. The van der Waals surface area contributed by atoms with E-state index in [1.54, 1.807) is 24.3 Å². The van der Waals surface area contributed by atoms with Crippen LogP contribution in [0, 0.1) is 5.41 Å². The number of benzene rings is 2. The van der Waals surface area contributed by atoms with Crippen LogP contribution in [0.3, 0.4) is 0 Å². The Morgan fingerprint density at radius 3 is 2.11 bits per heavy atom. The zero-order valence-corrected chi connectivity index (χ0v) is 16.5. The number of ether oxygens (including phenoxy) is 1. The Balaban J connectivity index is 1.57. The first-order valence-electron chi connectivity index (χ1n) is 9.40. The number of hydrogen-bond donors (Lipinski definition) is 1. The molecule has 0 atom stereocenters. The van der Waals surface area contributed by atoms with Crippen LogP contribution in [-0.2, 0) is 19.7 Å². The molecule has 1 aliphatic carbocycles. The third-order valence-corrected chi connectivity index (χ3v) is 4.95. The zero-order chi connectivity index (χ0) is 20.4. The number of esters is 1. The number of carbonyl (C=O) groups is 3. The van der Waals surface area contributed by atoms with Gasteiger partial charge < -0.3 is 10.1 Å². The van der Waals surface area contributed by atoms with E-state index in [0.29, 0.717) is 11.3 Å². The molecule has 0 saturated heterocycles. The molecule has 0 spiro atoms. The van der Waals surface area contributed by atoms with E-state index in [0.717, 1.165) is 18.4 Å². The summed E-state index contributed by atoms with van der Waals surface area (Å²) in [6.07, 6.45) is 1.48. The van der Waals surface area contributed by atoms with Crippen LogP contribution in [0.25, 0.3) is 0 Å². The minimum atomic E-state index is -0.595. The molecule has 0 radical (unpaired) electrons. The van der Waals surface area contributed by atoms with Crippen LogP contribution in [0.5, 0.6) is 0 Å². The number of Topliss-reactive ketones (excluding diaryl/α,β-unsaturated/α-hetero) is 1. The van der Waals surface area contributed by atoms with Crippen molar-refractivity contribution in [2.45, 2.75) is 39.0 Å². The maximum Gasteiger partial charge on any atom is 0.317 e. The number of anilines is 1. The van der Waals surface area contributed by atoms with E-state index in [2.05, 4.69) is 5.32 Å². The Labute approximate surface area is 165 Å². The second-order valence-electron chi connectivity index (χ2n) is 8.23. The summed E-state index contributed by atoms with van der Waals surface area (Å²) in [7, 11) is 0. The molecule has 1 saturated carbocycles. The summed E-state index contributed by atoms with van der Waals surface area (Å²) in [5.41, 5.74) is 0.898. The van der Waals surface area contributed by atoms with Crippen LogP contribution in [0.1, 0.15) is 49.5 Å². The van der Waals surface area contributed by atoms with E-state index in [9.17, 15) is 14.4 Å². The van der Waals surface area contributed by atoms with E-state index in [1.807, 2.05) is 51.1 Å². The van der Waals surface area contributed by atoms with E-state index < -0.39 is 10.8 Å². The molecule has 146 valence electrons. The van der Waals surface area contributed by atoms with Gasteiger partial charge in [-0.15, -0.1) is 0 Å². The molecule has 1 fully saturated rings. The molecule has 1 aliphatic rings. The molecule has 2 aromatic carbocycles. The number of hydrogen-bond acceptors (Lipinski definition) is 4. The summed E-state index contributed by atoms with van der Waals surface area (Å²) in [6, 6.07) is 16.1. The van der Waals surface area contributed by atoms with Gasteiger partial charge in [0.1, 0.15) is 0 Å². The molecule has 0 aliphatic heterocycles. The van der Waals surface area contributed by atoms with Gasteiger partial charge in [0.2, 0.25) is 5.91 Å². The van der Waals surface area contributed by atoms with E-state index in [-0.39, 0.29) is 24.3 Å². The average Bonchev–Trinajstić information content (AvgIpc) is 3.48. The molecule has 0 heterocycles. The van der Waals surface area contributed by atoms with Crippen molar-refractivity contribution < 1.29 is 19.1 Å². The van der Waals surface area contributed by atoms with Crippen molar-refractivity contribution in [3.63, 3.8) is 0 Å². The largest absolute Gasteiger partial charge is 0.457 e. The zero-order valence-electron chi connectivity index (χ0n) is 16.5. The van der Waals surface area contributed by atoms with Crippen molar-refractivity contribution in [3.05, 3.63) is 65.7 Å². The minimum Gasteiger partial charge on any atom is -0.457 e. The summed E-state index contributed by atoms with van der Waals surface area (Å²) < 4.78 is 5.32. The quantitative estimate of drug-likeness (QED) is 0.605. The number of ketones is 1. The Morgan fingerprint density at radius 2 is 1.57 bits per heavy atom. The molecule has 28 heavy (non-hydrogen) atoms. The molecule has 3 rings (SSSR count). The highest BCUT2D eigenvalue weighted by Crippen LogP contribution is 2.49. The summed E-state index contributed by atoms with van der Waals surface area (Å²) in [5, 5.41) is 2.81. The van der Waals surface area contributed by atoms with Crippen LogP contribution in [0.4, 0.5) is 5.69 Å². The first-order valence-corrected chi connectivity index (χ1v) is 9.40. The van der Waals surface area contributed by atoms with Gasteiger partial charge in [-0.25, -0.2) is 0 Å². The fourth-order valence-corrected chi connectivity index (χ4v) is 2.90. The Morgan fingerprint density at radius 1 is 0.964 bits per heavy atom. The molecule has 0 aromatic heterocycles. The fraction of sp³-hybridized carbons (Fsp3) is 0.348. The van der Waals surface area contributed by atoms with Gasteiger partial charge in [0.05, 0.1) is 5.41 Å². The lowest BCUT2D eigenvalue weighted by atomic mass is 9.95. The first-order chi connectivity index (χ1) is 13.2. The number of rotatable bonds is 6. The number of nitrogens with one attached hydrogen (secondary N) is 1. The Hall–Kier alpha value is -2.95. The Kier molecular flexibility index (Phi) is 5.36. The van der Waals surface area contributed by atoms with Gasteiger partial charge in [0.15, 0.2) is 12.4 Å². The summed E-state index contributed by atoms with van der Waals surface area (Å²) in [4.78, 5) is 36.9. The smallest absolute Gasteiger partial charge is 0.317 e. The van der Waals surface area contributed by atoms with Crippen LogP contribution >= 0.6 is 0 Å². The van der Waals surface area contributed by atoms with Gasteiger partial charge in [-0.2, -0.15) is 0 Å². The summed E-state index contributed by atoms with van der Waals surface area (Å²) in [5.74, 6) is -0.719. The molecule has 0 unspecified atom stereocenters.